The normalized spacial score (nSPS) is 18.1. The molecule has 0 bridgehead atoms. The van der Waals surface area contributed by atoms with Gasteiger partial charge in [0.05, 0.1) is 5.69 Å². The van der Waals surface area contributed by atoms with Crippen molar-refractivity contribution in [1.82, 2.24) is 0 Å². The SMILES string of the molecule is Nc1ccc(/C=C/C2CCCCC2)cc1F. The van der Waals surface area contributed by atoms with Gasteiger partial charge in [0.2, 0.25) is 0 Å². The second kappa shape index (κ2) is 5.15. The van der Waals surface area contributed by atoms with E-state index >= 15 is 0 Å². The van der Waals surface area contributed by atoms with Crippen LogP contribution in [0.4, 0.5) is 10.1 Å². The molecule has 1 fully saturated rings. The number of benzene rings is 1. The fraction of sp³-hybridized carbons (Fsp3) is 0.429. The van der Waals surface area contributed by atoms with Gasteiger partial charge >= 0.3 is 0 Å². The minimum absolute atomic E-state index is 0.217. The minimum atomic E-state index is -0.328. The Hall–Kier alpha value is -1.31. The molecule has 0 unspecified atom stereocenters. The van der Waals surface area contributed by atoms with Crippen molar-refractivity contribution in [2.45, 2.75) is 32.1 Å². The van der Waals surface area contributed by atoms with Gasteiger partial charge in [-0.3, -0.25) is 0 Å². The lowest BCUT2D eigenvalue weighted by molar-refractivity contribution is 0.420. The second-order valence-electron chi connectivity index (χ2n) is 4.54. The Morgan fingerprint density at radius 1 is 1.19 bits per heavy atom. The Morgan fingerprint density at radius 2 is 1.94 bits per heavy atom. The van der Waals surface area contributed by atoms with Gasteiger partial charge in [-0.25, -0.2) is 4.39 Å². The molecule has 16 heavy (non-hydrogen) atoms. The lowest BCUT2D eigenvalue weighted by Crippen LogP contribution is -2.02. The van der Waals surface area contributed by atoms with Crippen molar-refractivity contribution in [3.8, 4) is 0 Å². The van der Waals surface area contributed by atoms with Crippen LogP contribution in [0.25, 0.3) is 6.08 Å². The molecule has 0 radical (unpaired) electrons. The van der Waals surface area contributed by atoms with E-state index in [1.807, 2.05) is 12.1 Å². The van der Waals surface area contributed by atoms with Crippen LogP contribution in [0.1, 0.15) is 37.7 Å². The molecular weight excluding hydrogens is 201 g/mol. The van der Waals surface area contributed by atoms with Crippen LogP contribution in [-0.4, -0.2) is 0 Å². The Morgan fingerprint density at radius 3 is 2.62 bits per heavy atom. The maximum atomic E-state index is 13.2. The predicted molar refractivity (Wildman–Crippen MR) is 66.4 cm³/mol. The smallest absolute Gasteiger partial charge is 0.146 e. The van der Waals surface area contributed by atoms with Gasteiger partial charge in [-0.1, -0.05) is 37.5 Å². The van der Waals surface area contributed by atoms with E-state index in [-0.39, 0.29) is 11.5 Å². The first-order valence-electron chi connectivity index (χ1n) is 5.99. The predicted octanol–water partition coefficient (Wildman–Crippen LogP) is 4.00. The van der Waals surface area contributed by atoms with Crippen LogP contribution in [0.2, 0.25) is 0 Å². The quantitative estimate of drug-likeness (QED) is 0.747. The van der Waals surface area contributed by atoms with Crippen LogP contribution < -0.4 is 5.73 Å². The van der Waals surface area contributed by atoms with E-state index in [1.165, 1.54) is 38.2 Å². The van der Waals surface area contributed by atoms with Crippen molar-refractivity contribution in [1.29, 1.82) is 0 Å². The van der Waals surface area contributed by atoms with Gasteiger partial charge in [0.25, 0.3) is 0 Å². The highest BCUT2D eigenvalue weighted by Crippen LogP contribution is 2.25. The van der Waals surface area contributed by atoms with Crippen molar-refractivity contribution >= 4 is 11.8 Å². The molecule has 1 nitrogen and oxygen atoms in total. The molecule has 0 heterocycles. The molecule has 2 heteroatoms. The maximum Gasteiger partial charge on any atom is 0.146 e. The average molecular weight is 219 g/mol. The number of hydrogen-bond donors (Lipinski definition) is 1. The lowest BCUT2D eigenvalue weighted by atomic mass is 9.89. The van der Waals surface area contributed by atoms with E-state index in [4.69, 9.17) is 5.73 Å². The highest BCUT2D eigenvalue weighted by molar-refractivity contribution is 5.54. The number of nitrogen functional groups attached to an aromatic ring is 1. The van der Waals surface area contributed by atoms with Gasteiger partial charge in [-0.15, -0.1) is 0 Å². The van der Waals surface area contributed by atoms with E-state index in [2.05, 4.69) is 6.08 Å². The van der Waals surface area contributed by atoms with Crippen LogP contribution in [0, 0.1) is 11.7 Å². The highest BCUT2D eigenvalue weighted by Gasteiger charge is 2.09. The van der Waals surface area contributed by atoms with Crippen molar-refractivity contribution < 1.29 is 4.39 Å². The zero-order valence-corrected chi connectivity index (χ0v) is 9.45. The van der Waals surface area contributed by atoms with Gasteiger partial charge in [0.1, 0.15) is 5.82 Å². The van der Waals surface area contributed by atoms with Crippen LogP contribution in [0.3, 0.4) is 0 Å². The Labute approximate surface area is 96.2 Å². The first-order valence-corrected chi connectivity index (χ1v) is 5.99. The zero-order valence-electron chi connectivity index (χ0n) is 9.45. The fourth-order valence-electron chi connectivity index (χ4n) is 2.22. The number of allylic oxidation sites excluding steroid dienone is 1. The van der Waals surface area contributed by atoms with Gasteiger partial charge in [-0.05, 0) is 36.5 Å². The Balaban J connectivity index is 2.02. The topological polar surface area (TPSA) is 26.0 Å². The summed E-state index contributed by atoms with van der Waals surface area (Å²) in [6.45, 7) is 0. The zero-order chi connectivity index (χ0) is 11.4. The summed E-state index contributed by atoms with van der Waals surface area (Å²) >= 11 is 0. The summed E-state index contributed by atoms with van der Waals surface area (Å²) < 4.78 is 13.2. The molecule has 0 saturated heterocycles. The number of halogens is 1. The van der Waals surface area contributed by atoms with E-state index in [9.17, 15) is 4.39 Å². The summed E-state index contributed by atoms with van der Waals surface area (Å²) in [4.78, 5) is 0. The molecule has 0 atom stereocenters. The standard InChI is InChI=1S/C14H18FN/c15-13-10-12(8-9-14(13)16)7-6-11-4-2-1-3-5-11/h6-11H,1-5,16H2/b7-6+. The summed E-state index contributed by atoms with van der Waals surface area (Å²) in [5, 5.41) is 0. The van der Waals surface area contributed by atoms with Gasteiger partial charge < -0.3 is 5.73 Å². The first-order chi connectivity index (χ1) is 7.75. The minimum Gasteiger partial charge on any atom is -0.396 e. The molecule has 1 aromatic carbocycles. The van der Waals surface area contributed by atoms with Crippen molar-refractivity contribution in [2.24, 2.45) is 5.92 Å². The third-order valence-electron chi connectivity index (χ3n) is 3.24. The van der Waals surface area contributed by atoms with Crippen LogP contribution in [0.5, 0.6) is 0 Å². The molecule has 1 saturated carbocycles. The van der Waals surface area contributed by atoms with E-state index in [1.54, 1.807) is 6.07 Å². The summed E-state index contributed by atoms with van der Waals surface area (Å²) in [7, 11) is 0. The van der Waals surface area contributed by atoms with E-state index in [0.29, 0.717) is 5.92 Å². The average Bonchev–Trinajstić information content (AvgIpc) is 2.32. The number of hydrogen-bond acceptors (Lipinski definition) is 1. The molecule has 1 aliphatic rings. The highest BCUT2D eigenvalue weighted by atomic mass is 19.1. The Kier molecular flexibility index (Phi) is 3.60. The summed E-state index contributed by atoms with van der Waals surface area (Å²) in [6, 6.07) is 4.97. The molecule has 86 valence electrons. The molecule has 1 aromatic rings. The molecule has 0 spiro atoms. The lowest BCUT2D eigenvalue weighted by Gasteiger charge is -2.17. The molecule has 1 aliphatic carbocycles. The largest absolute Gasteiger partial charge is 0.396 e. The van der Waals surface area contributed by atoms with Crippen LogP contribution in [-0.2, 0) is 0 Å². The van der Waals surface area contributed by atoms with Crippen molar-refractivity contribution in [3.05, 3.63) is 35.7 Å². The third-order valence-corrected chi connectivity index (χ3v) is 3.24. The summed E-state index contributed by atoms with van der Waals surface area (Å²) in [5.74, 6) is 0.347. The third kappa shape index (κ3) is 2.84. The Bertz CT molecular complexity index is 378. The van der Waals surface area contributed by atoms with Gasteiger partial charge in [0, 0.05) is 0 Å². The van der Waals surface area contributed by atoms with E-state index < -0.39 is 0 Å². The van der Waals surface area contributed by atoms with Gasteiger partial charge in [0.15, 0.2) is 0 Å². The summed E-state index contributed by atoms with van der Waals surface area (Å²) in [5.41, 5.74) is 6.55. The number of anilines is 1. The molecular formula is C14H18FN. The molecule has 0 amide bonds. The van der Waals surface area contributed by atoms with Crippen molar-refractivity contribution in [2.75, 3.05) is 5.73 Å². The first kappa shape index (κ1) is 11.2. The van der Waals surface area contributed by atoms with Crippen molar-refractivity contribution in [3.63, 3.8) is 0 Å². The van der Waals surface area contributed by atoms with Crippen LogP contribution in [0.15, 0.2) is 24.3 Å². The fourth-order valence-corrected chi connectivity index (χ4v) is 2.22. The monoisotopic (exact) mass is 219 g/mol. The molecule has 0 aromatic heterocycles. The van der Waals surface area contributed by atoms with Gasteiger partial charge in [-0.2, -0.15) is 0 Å². The second-order valence-corrected chi connectivity index (χ2v) is 4.54. The maximum absolute atomic E-state index is 13.2. The number of nitrogens with two attached hydrogens (primary N) is 1. The molecule has 2 N–H and O–H groups in total. The molecule has 0 aliphatic heterocycles. The van der Waals surface area contributed by atoms with Crippen LogP contribution >= 0.6 is 0 Å². The number of rotatable bonds is 2. The molecule has 2 rings (SSSR count). The van der Waals surface area contributed by atoms with E-state index in [0.717, 1.165) is 5.56 Å². The summed E-state index contributed by atoms with van der Waals surface area (Å²) in [6.07, 6.45) is 10.8.